The van der Waals surface area contributed by atoms with Crippen LogP contribution < -0.4 is 24.3 Å². The molecule has 3 N–H and O–H groups in total. The van der Waals surface area contributed by atoms with Crippen molar-refractivity contribution in [2.45, 2.75) is 12.5 Å². The number of hydrogen-bond acceptors (Lipinski definition) is 8. The Morgan fingerprint density at radius 1 is 1.06 bits per heavy atom. The first-order valence-electron chi connectivity index (χ1n) is 9.65. The molecule has 1 atom stereocenters. The number of carboxylic acid groups (broad SMARTS) is 2. The van der Waals surface area contributed by atoms with Crippen molar-refractivity contribution in [2.75, 3.05) is 13.4 Å². The summed E-state index contributed by atoms with van der Waals surface area (Å²) in [6, 6.07) is 7.98. The van der Waals surface area contributed by atoms with E-state index in [1.165, 1.54) is 18.2 Å². The number of aliphatic carboxylic acids is 2. The molecule has 33 heavy (non-hydrogen) atoms. The van der Waals surface area contributed by atoms with Gasteiger partial charge in [0.15, 0.2) is 23.9 Å². The quantitative estimate of drug-likeness (QED) is 0.498. The highest BCUT2D eigenvalue weighted by molar-refractivity contribution is 6.14. The van der Waals surface area contributed by atoms with Gasteiger partial charge >= 0.3 is 11.9 Å². The smallest absolute Gasteiger partial charge is 0.326 e. The van der Waals surface area contributed by atoms with Crippen molar-refractivity contribution in [3.8, 4) is 23.0 Å². The third kappa shape index (κ3) is 4.87. The van der Waals surface area contributed by atoms with Crippen LogP contribution in [0.2, 0.25) is 0 Å². The first-order chi connectivity index (χ1) is 15.8. The molecule has 0 bridgehead atoms. The van der Waals surface area contributed by atoms with Gasteiger partial charge in [0.2, 0.25) is 12.6 Å². The molecule has 4 rings (SSSR count). The third-order valence-corrected chi connectivity index (χ3v) is 4.72. The summed E-state index contributed by atoms with van der Waals surface area (Å²) in [5.41, 5.74) is 0.990. The number of Topliss-reactive ketones (excluding diaryl/α,β-unsaturated/α-hetero) is 1. The molecule has 0 aromatic heterocycles. The summed E-state index contributed by atoms with van der Waals surface area (Å²) in [5.74, 6) is -2.28. The summed E-state index contributed by atoms with van der Waals surface area (Å²) in [6.07, 6.45) is 0.793. The fourth-order valence-corrected chi connectivity index (χ4v) is 3.17. The minimum absolute atomic E-state index is 0.0942. The zero-order valence-electron chi connectivity index (χ0n) is 16.9. The predicted octanol–water partition coefficient (Wildman–Crippen LogP) is 1.45. The first-order valence-corrected chi connectivity index (χ1v) is 9.65. The van der Waals surface area contributed by atoms with Crippen molar-refractivity contribution in [1.29, 1.82) is 0 Å². The Hall–Kier alpha value is -4.54. The van der Waals surface area contributed by atoms with Gasteiger partial charge < -0.3 is 34.5 Å². The lowest BCUT2D eigenvalue weighted by Crippen LogP contribution is -2.44. The number of hydrogen-bond donors (Lipinski definition) is 3. The van der Waals surface area contributed by atoms with Crippen molar-refractivity contribution in [2.24, 2.45) is 0 Å². The minimum atomic E-state index is -1.58. The van der Waals surface area contributed by atoms with Crippen LogP contribution in [0.5, 0.6) is 23.0 Å². The maximum Gasteiger partial charge on any atom is 0.326 e. The number of carboxylic acids is 2. The molecule has 2 aromatic carbocycles. The summed E-state index contributed by atoms with van der Waals surface area (Å²) in [7, 11) is 0. The van der Waals surface area contributed by atoms with Gasteiger partial charge in [0.25, 0.3) is 5.91 Å². The van der Waals surface area contributed by atoms with E-state index in [1.54, 1.807) is 24.3 Å². The van der Waals surface area contributed by atoms with Gasteiger partial charge in [0.05, 0.1) is 12.0 Å². The molecule has 2 aromatic rings. The molecule has 0 aliphatic carbocycles. The van der Waals surface area contributed by atoms with Crippen LogP contribution in [0.3, 0.4) is 0 Å². The number of carbonyl (C=O) groups is 4. The van der Waals surface area contributed by atoms with E-state index in [9.17, 15) is 19.2 Å². The van der Waals surface area contributed by atoms with Gasteiger partial charge in [-0.3, -0.25) is 14.4 Å². The second kappa shape index (κ2) is 8.91. The van der Waals surface area contributed by atoms with Crippen molar-refractivity contribution < 1.29 is 48.3 Å². The molecular weight excluding hydrogens is 438 g/mol. The second-order valence-corrected chi connectivity index (χ2v) is 7.06. The molecule has 2 heterocycles. The third-order valence-electron chi connectivity index (χ3n) is 4.72. The van der Waals surface area contributed by atoms with Crippen LogP contribution >= 0.6 is 0 Å². The van der Waals surface area contributed by atoms with Gasteiger partial charge in [0.1, 0.15) is 17.5 Å². The van der Waals surface area contributed by atoms with E-state index >= 15 is 0 Å². The molecule has 0 fully saturated rings. The largest absolute Gasteiger partial charge is 0.484 e. The Bertz CT molecular complexity index is 1190. The van der Waals surface area contributed by atoms with Crippen LogP contribution in [0.25, 0.3) is 6.08 Å². The highest BCUT2D eigenvalue weighted by Crippen LogP contribution is 2.37. The van der Waals surface area contributed by atoms with E-state index in [2.05, 4.69) is 5.32 Å². The maximum absolute atomic E-state index is 12.6. The molecular formula is C22H17NO10. The SMILES string of the molecule is O=C(O)C[C@H](NC(=O)COc1ccc2c(c1)O/C(=C\c1ccc3c(c1)OCO3)C2=O)C(=O)O. The van der Waals surface area contributed by atoms with Crippen LogP contribution in [-0.4, -0.2) is 53.3 Å². The van der Waals surface area contributed by atoms with Gasteiger partial charge in [-0.15, -0.1) is 0 Å². The Morgan fingerprint density at radius 3 is 2.61 bits per heavy atom. The first kappa shape index (κ1) is 21.7. The van der Waals surface area contributed by atoms with Gasteiger partial charge in [-0.2, -0.15) is 0 Å². The van der Waals surface area contributed by atoms with Gasteiger partial charge in [-0.25, -0.2) is 4.79 Å². The highest BCUT2D eigenvalue weighted by Gasteiger charge is 2.28. The molecule has 0 radical (unpaired) electrons. The van der Waals surface area contributed by atoms with E-state index < -0.39 is 36.9 Å². The van der Waals surface area contributed by atoms with E-state index in [-0.39, 0.29) is 29.8 Å². The lowest BCUT2D eigenvalue weighted by atomic mass is 10.1. The lowest BCUT2D eigenvalue weighted by molar-refractivity contribution is -0.147. The molecule has 0 saturated heterocycles. The van der Waals surface area contributed by atoms with Crippen molar-refractivity contribution in [3.63, 3.8) is 0 Å². The van der Waals surface area contributed by atoms with E-state index in [1.807, 2.05) is 0 Å². The van der Waals surface area contributed by atoms with Crippen LogP contribution in [0, 0.1) is 0 Å². The van der Waals surface area contributed by atoms with Crippen molar-refractivity contribution in [3.05, 3.63) is 53.3 Å². The number of ether oxygens (including phenoxy) is 4. The van der Waals surface area contributed by atoms with Crippen LogP contribution in [0.15, 0.2) is 42.2 Å². The fourth-order valence-electron chi connectivity index (χ4n) is 3.17. The molecule has 1 amide bonds. The van der Waals surface area contributed by atoms with Gasteiger partial charge in [-0.1, -0.05) is 6.07 Å². The molecule has 0 saturated carbocycles. The number of rotatable bonds is 8. The van der Waals surface area contributed by atoms with Crippen molar-refractivity contribution in [1.82, 2.24) is 5.32 Å². The topological polar surface area (TPSA) is 158 Å². The Kier molecular flexibility index (Phi) is 5.85. The fraction of sp³-hybridized carbons (Fsp3) is 0.182. The van der Waals surface area contributed by atoms with Gasteiger partial charge in [0, 0.05) is 6.07 Å². The summed E-state index contributed by atoms with van der Waals surface area (Å²) in [4.78, 5) is 46.3. The molecule has 0 unspecified atom stereocenters. The minimum Gasteiger partial charge on any atom is -0.484 e. The van der Waals surface area contributed by atoms with Crippen LogP contribution in [0.1, 0.15) is 22.3 Å². The Labute approximate surface area is 186 Å². The average Bonchev–Trinajstić information content (AvgIpc) is 3.35. The molecule has 170 valence electrons. The number of ketones is 1. The lowest BCUT2D eigenvalue weighted by Gasteiger charge is -2.13. The number of fused-ring (bicyclic) bond motifs is 2. The van der Waals surface area contributed by atoms with E-state index in [0.717, 1.165) is 0 Å². The van der Waals surface area contributed by atoms with Crippen molar-refractivity contribution >= 4 is 29.7 Å². The predicted molar refractivity (Wildman–Crippen MR) is 109 cm³/mol. The molecule has 11 heteroatoms. The summed E-state index contributed by atoms with van der Waals surface area (Å²) in [6.45, 7) is -0.427. The second-order valence-electron chi connectivity index (χ2n) is 7.06. The summed E-state index contributed by atoms with van der Waals surface area (Å²) < 4.78 is 21.6. The number of benzene rings is 2. The number of nitrogens with one attached hydrogen (secondary N) is 1. The number of allylic oxidation sites excluding steroid dienone is 1. The van der Waals surface area contributed by atoms with E-state index in [4.69, 9.17) is 29.2 Å². The summed E-state index contributed by atoms with van der Waals surface area (Å²) in [5, 5.41) is 19.8. The number of amides is 1. The molecule has 2 aliphatic heterocycles. The Balaban J connectivity index is 1.40. The molecule has 0 spiro atoms. The van der Waals surface area contributed by atoms with Crippen LogP contribution in [0.4, 0.5) is 0 Å². The standard InChI is InChI=1S/C22H17NO10/c24-19(23-14(22(28)29)8-20(25)26)9-30-12-2-3-13-16(7-12)33-18(21(13)27)6-11-1-4-15-17(5-11)32-10-31-15/h1-7,14H,8-10H2,(H,23,24)(H,25,26)(H,28,29)/b18-6-/t14-/m0/s1. The zero-order chi connectivity index (χ0) is 23.5. The average molecular weight is 455 g/mol. The van der Waals surface area contributed by atoms with Gasteiger partial charge in [-0.05, 0) is 35.9 Å². The van der Waals surface area contributed by atoms with E-state index in [0.29, 0.717) is 22.6 Å². The maximum atomic E-state index is 12.6. The molecule has 2 aliphatic rings. The zero-order valence-corrected chi connectivity index (χ0v) is 16.9. The summed E-state index contributed by atoms with van der Waals surface area (Å²) >= 11 is 0. The Morgan fingerprint density at radius 2 is 1.85 bits per heavy atom. The molecule has 11 nitrogen and oxygen atoms in total. The van der Waals surface area contributed by atoms with Crippen LogP contribution in [-0.2, 0) is 14.4 Å². The highest BCUT2D eigenvalue weighted by atomic mass is 16.7. The normalized spacial score (nSPS) is 15.5. The number of carbonyl (C=O) groups excluding carboxylic acids is 2. The monoisotopic (exact) mass is 455 g/mol.